The van der Waals surface area contributed by atoms with Gasteiger partial charge in [-0.1, -0.05) is 31.7 Å². The van der Waals surface area contributed by atoms with Gasteiger partial charge < -0.3 is 11.1 Å². The van der Waals surface area contributed by atoms with Gasteiger partial charge in [-0.05, 0) is 24.3 Å². The Morgan fingerprint density at radius 2 is 2.09 bits per heavy atom. The lowest BCUT2D eigenvalue weighted by atomic mass is 10.1. The molecule has 0 atom stereocenters. The molecule has 1 saturated carbocycles. The summed E-state index contributed by atoms with van der Waals surface area (Å²) >= 11 is 1.22. The Bertz CT molecular complexity index is 591. The monoisotopic (exact) mass is 358 g/mol. The van der Waals surface area contributed by atoms with Crippen molar-refractivity contribution in [3.63, 3.8) is 0 Å². The molecule has 0 bridgehead atoms. The molecule has 0 radical (unpaired) electrons. The molecule has 1 fully saturated rings. The first kappa shape index (κ1) is 18.2. The van der Waals surface area contributed by atoms with Crippen LogP contribution in [0.2, 0.25) is 0 Å². The summed E-state index contributed by atoms with van der Waals surface area (Å²) in [5.74, 6) is 0.416. The number of likely N-dealkylation sites (N-methyl/N-ethyl adjacent to an activating group) is 1. The summed E-state index contributed by atoms with van der Waals surface area (Å²) in [6.45, 7) is 0.667. The van der Waals surface area contributed by atoms with Gasteiger partial charge in [0.25, 0.3) is 10.0 Å². The molecule has 1 aliphatic rings. The van der Waals surface area contributed by atoms with Gasteiger partial charge in [0.15, 0.2) is 5.96 Å². The summed E-state index contributed by atoms with van der Waals surface area (Å²) in [5.41, 5.74) is 5.92. The van der Waals surface area contributed by atoms with Crippen LogP contribution in [0.1, 0.15) is 38.5 Å². The highest BCUT2D eigenvalue weighted by molar-refractivity contribution is 7.91. The van der Waals surface area contributed by atoms with E-state index in [2.05, 4.69) is 10.3 Å². The smallest absolute Gasteiger partial charge is 0.252 e. The summed E-state index contributed by atoms with van der Waals surface area (Å²) in [5, 5.41) is 5.02. The Balaban J connectivity index is 1.80. The van der Waals surface area contributed by atoms with E-state index < -0.39 is 10.0 Å². The zero-order valence-corrected chi connectivity index (χ0v) is 15.2. The highest BCUT2D eigenvalue weighted by Crippen LogP contribution is 2.19. The first-order chi connectivity index (χ1) is 11.0. The maximum absolute atomic E-state index is 12.3. The summed E-state index contributed by atoms with van der Waals surface area (Å²) in [6, 6.07) is 3.74. The van der Waals surface area contributed by atoms with E-state index in [4.69, 9.17) is 5.73 Å². The van der Waals surface area contributed by atoms with Crippen LogP contribution in [0.3, 0.4) is 0 Å². The molecule has 2 rings (SSSR count). The molecule has 0 aliphatic heterocycles. The average Bonchev–Trinajstić information content (AvgIpc) is 2.94. The molecule has 8 heteroatoms. The molecule has 23 heavy (non-hydrogen) atoms. The lowest BCUT2D eigenvalue weighted by molar-refractivity contribution is 0.477. The minimum Gasteiger partial charge on any atom is -0.370 e. The predicted molar refractivity (Wildman–Crippen MR) is 95.2 cm³/mol. The standard InChI is InChI=1S/C15H26N4O2S2/c1-19(23(20,21)14-9-6-12-22-14)11-10-17-15(16)18-13-7-4-2-3-5-8-13/h6,9,12-13H,2-5,7-8,10-11H2,1H3,(H3,16,17,18). The van der Waals surface area contributed by atoms with Crippen LogP contribution in [0.5, 0.6) is 0 Å². The Labute approximate surface area is 142 Å². The maximum atomic E-state index is 12.3. The van der Waals surface area contributed by atoms with Gasteiger partial charge >= 0.3 is 0 Å². The average molecular weight is 359 g/mol. The van der Waals surface area contributed by atoms with Crippen LogP contribution in [0.15, 0.2) is 26.7 Å². The van der Waals surface area contributed by atoms with Crippen LogP contribution < -0.4 is 11.1 Å². The van der Waals surface area contributed by atoms with Crippen LogP contribution in [0.25, 0.3) is 0 Å². The van der Waals surface area contributed by atoms with Crippen molar-refractivity contribution >= 4 is 27.3 Å². The zero-order chi connectivity index (χ0) is 16.7. The van der Waals surface area contributed by atoms with Gasteiger partial charge in [-0.3, -0.25) is 4.99 Å². The molecule has 130 valence electrons. The van der Waals surface area contributed by atoms with E-state index in [0.717, 1.165) is 12.8 Å². The molecule has 0 unspecified atom stereocenters. The molecule has 1 heterocycles. The van der Waals surface area contributed by atoms with E-state index in [1.54, 1.807) is 24.6 Å². The Hall–Kier alpha value is -1.12. The van der Waals surface area contributed by atoms with E-state index in [9.17, 15) is 8.42 Å². The van der Waals surface area contributed by atoms with Gasteiger partial charge in [0, 0.05) is 19.6 Å². The lowest BCUT2D eigenvalue weighted by Gasteiger charge is -2.17. The maximum Gasteiger partial charge on any atom is 0.252 e. The number of sulfonamides is 1. The Morgan fingerprint density at radius 1 is 1.39 bits per heavy atom. The van der Waals surface area contributed by atoms with Gasteiger partial charge in [0.1, 0.15) is 4.21 Å². The van der Waals surface area contributed by atoms with Gasteiger partial charge in [-0.25, -0.2) is 8.42 Å². The third-order valence-electron chi connectivity index (χ3n) is 4.06. The second-order valence-corrected chi connectivity index (χ2v) is 9.08. The molecule has 6 nitrogen and oxygen atoms in total. The van der Waals surface area contributed by atoms with Gasteiger partial charge in [-0.15, -0.1) is 11.3 Å². The number of nitrogens with two attached hydrogens (primary N) is 1. The highest BCUT2D eigenvalue weighted by Gasteiger charge is 2.21. The molecule has 1 aromatic heterocycles. The molecule has 0 aromatic carbocycles. The summed E-state index contributed by atoms with van der Waals surface area (Å²) in [6.07, 6.45) is 7.30. The lowest BCUT2D eigenvalue weighted by Crippen LogP contribution is -2.40. The van der Waals surface area contributed by atoms with Crippen molar-refractivity contribution in [2.24, 2.45) is 10.7 Å². The number of aliphatic imine (C=N–C) groups is 1. The number of guanidine groups is 1. The topological polar surface area (TPSA) is 87.8 Å². The molecule has 0 spiro atoms. The van der Waals surface area contributed by atoms with Gasteiger partial charge in [0.2, 0.25) is 0 Å². The van der Waals surface area contributed by atoms with E-state index in [1.165, 1.54) is 41.3 Å². The van der Waals surface area contributed by atoms with E-state index in [1.807, 2.05) is 0 Å². The van der Waals surface area contributed by atoms with Crippen molar-refractivity contribution in [1.82, 2.24) is 9.62 Å². The van der Waals surface area contributed by atoms with Gasteiger partial charge in [-0.2, -0.15) is 4.31 Å². The van der Waals surface area contributed by atoms with Crippen LogP contribution in [0, 0.1) is 0 Å². The number of nitrogens with zero attached hydrogens (tertiary/aromatic N) is 2. The van der Waals surface area contributed by atoms with Crippen molar-refractivity contribution in [3.05, 3.63) is 17.5 Å². The summed E-state index contributed by atoms with van der Waals surface area (Å²) < 4.78 is 26.2. The largest absolute Gasteiger partial charge is 0.370 e. The zero-order valence-electron chi connectivity index (χ0n) is 13.6. The van der Waals surface area contributed by atoms with Crippen molar-refractivity contribution in [3.8, 4) is 0 Å². The van der Waals surface area contributed by atoms with Crippen LogP contribution in [0.4, 0.5) is 0 Å². The fourth-order valence-corrected chi connectivity index (χ4v) is 5.04. The normalized spacial score (nSPS) is 18.1. The highest BCUT2D eigenvalue weighted by atomic mass is 32.2. The second-order valence-electron chi connectivity index (χ2n) is 5.86. The number of thiophene rings is 1. The fourth-order valence-electron chi connectivity index (χ4n) is 2.67. The molecule has 1 aromatic rings. The third-order valence-corrected chi connectivity index (χ3v) is 7.29. The quantitative estimate of drug-likeness (QED) is 0.462. The van der Waals surface area contributed by atoms with Crippen molar-refractivity contribution in [2.75, 3.05) is 20.1 Å². The van der Waals surface area contributed by atoms with Crippen molar-refractivity contribution in [2.45, 2.75) is 48.8 Å². The molecule has 3 N–H and O–H groups in total. The summed E-state index contributed by atoms with van der Waals surface area (Å²) in [4.78, 5) is 4.26. The van der Waals surface area contributed by atoms with E-state index in [0.29, 0.717) is 29.3 Å². The Morgan fingerprint density at radius 3 is 2.70 bits per heavy atom. The minimum absolute atomic E-state index is 0.313. The first-order valence-electron chi connectivity index (χ1n) is 8.06. The third kappa shape index (κ3) is 5.47. The number of nitrogens with one attached hydrogen (secondary N) is 1. The Kier molecular flexibility index (Phi) is 6.86. The van der Waals surface area contributed by atoms with Crippen LogP contribution >= 0.6 is 11.3 Å². The second kappa shape index (κ2) is 8.65. The van der Waals surface area contributed by atoms with Crippen LogP contribution in [-0.2, 0) is 10.0 Å². The first-order valence-corrected chi connectivity index (χ1v) is 10.4. The number of hydrogen-bond donors (Lipinski definition) is 2. The molecular weight excluding hydrogens is 332 g/mol. The van der Waals surface area contributed by atoms with Crippen molar-refractivity contribution < 1.29 is 8.42 Å². The van der Waals surface area contributed by atoms with Crippen LogP contribution in [-0.4, -0.2) is 44.9 Å². The number of rotatable bonds is 6. The predicted octanol–water partition coefficient (Wildman–Crippen LogP) is 2.00. The SMILES string of the molecule is CN(CCN=C(N)NC1CCCCCC1)S(=O)(=O)c1cccs1. The van der Waals surface area contributed by atoms with E-state index >= 15 is 0 Å². The van der Waals surface area contributed by atoms with Gasteiger partial charge in [0.05, 0.1) is 6.54 Å². The minimum atomic E-state index is -3.40. The molecule has 1 aliphatic carbocycles. The summed E-state index contributed by atoms with van der Waals surface area (Å²) in [7, 11) is -1.84. The number of hydrogen-bond acceptors (Lipinski definition) is 4. The molecule has 0 amide bonds. The molecule has 0 saturated heterocycles. The fraction of sp³-hybridized carbons (Fsp3) is 0.667. The van der Waals surface area contributed by atoms with Crippen molar-refractivity contribution in [1.29, 1.82) is 0 Å². The van der Waals surface area contributed by atoms with E-state index in [-0.39, 0.29) is 0 Å². The molecular formula is C15H26N4O2S2.